The monoisotopic (exact) mass is 444 g/mol. The molecule has 0 bridgehead atoms. The molecule has 1 heterocycles. The molecule has 4 aromatic rings. The molecule has 1 aliphatic carbocycles. The fourth-order valence-corrected chi connectivity index (χ4v) is 6.17. The number of fused-ring (bicyclic) bond motifs is 3. The Morgan fingerprint density at radius 1 is 0.969 bits per heavy atom. The van der Waals surface area contributed by atoms with Gasteiger partial charge in [0.1, 0.15) is 0 Å². The first-order valence-electron chi connectivity index (χ1n) is 11.2. The van der Waals surface area contributed by atoms with Crippen LogP contribution >= 0.6 is 0 Å². The molecule has 5 rings (SSSR count). The van der Waals surface area contributed by atoms with E-state index in [0.717, 1.165) is 35.7 Å². The van der Waals surface area contributed by atoms with Crippen molar-refractivity contribution in [2.75, 3.05) is 0 Å². The lowest BCUT2D eigenvalue weighted by Crippen LogP contribution is -2.36. The van der Waals surface area contributed by atoms with Crippen molar-refractivity contribution < 1.29 is 8.42 Å². The zero-order valence-corrected chi connectivity index (χ0v) is 19.3. The molecule has 0 amide bonds. The van der Waals surface area contributed by atoms with Crippen LogP contribution < -0.4 is 5.32 Å². The summed E-state index contributed by atoms with van der Waals surface area (Å²) in [7, 11) is -3.63. The standard InChI is InChI=1S/C27H28N2O2S/c1-19-8-13-24(14-9-19)32(30,31)29-17-16-25-26-18-23(12-10-22(26)11-15-27(25)29)28-20(2)21-6-4-3-5-7-21/h3-9,11,13-17,20,23,28H,10,12,18H2,1-2H3/t20-,23-/m1/s1. The van der Waals surface area contributed by atoms with Crippen molar-refractivity contribution in [1.29, 1.82) is 0 Å². The number of rotatable bonds is 5. The second-order valence-corrected chi connectivity index (χ2v) is 10.6. The minimum absolute atomic E-state index is 0.272. The molecular weight excluding hydrogens is 416 g/mol. The third-order valence-corrected chi connectivity index (χ3v) is 8.33. The van der Waals surface area contributed by atoms with Gasteiger partial charge in [-0.15, -0.1) is 0 Å². The van der Waals surface area contributed by atoms with Crippen LogP contribution in [0.15, 0.2) is 83.9 Å². The van der Waals surface area contributed by atoms with Gasteiger partial charge < -0.3 is 5.32 Å². The largest absolute Gasteiger partial charge is 0.307 e. The van der Waals surface area contributed by atoms with Crippen molar-refractivity contribution in [1.82, 2.24) is 9.29 Å². The van der Waals surface area contributed by atoms with Gasteiger partial charge in [-0.2, -0.15) is 0 Å². The smallest absolute Gasteiger partial charge is 0.268 e. The molecule has 32 heavy (non-hydrogen) atoms. The van der Waals surface area contributed by atoms with Crippen LogP contribution in [0.4, 0.5) is 0 Å². The van der Waals surface area contributed by atoms with Gasteiger partial charge in [0.2, 0.25) is 0 Å². The number of aryl methyl sites for hydroxylation is 2. The highest BCUT2D eigenvalue weighted by molar-refractivity contribution is 7.90. The van der Waals surface area contributed by atoms with E-state index in [2.05, 4.69) is 42.6 Å². The Balaban J connectivity index is 1.46. The van der Waals surface area contributed by atoms with E-state index in [1.54, 1.807) is 18.3 Å². The second kappa shape index (κ2) is 8.23. The molecule has 1 N–H and O–H groups in total. The van der Waals surface area contributed by atoms with Crippen molar-refractivity contribution >= 4 is 20.9 Å². The van der Waals surface area contributed by atoms with E-state index in [-0.39, 0.29) is 6.04 Å². The molecule has 0 saturated carbocycles. The molecule has 164 valence electrons. The van der Waals surface area contributed by atoms with E-state index in [9.17, 15) is 8.42 Å². The third-order valence-electron chi connectivity index (χ3n) is 6.62. The van der Waals surface area contributed by atoms with E-state index in [1.165, 1.54) is 20.7 Å². The second-order valence-electron chi connectivity index (χ2n) is 8.80. The van der Waals surface area contributed by atoms with Crippen molar-refractivity contribution in [2.45, 2.75) is 50.1 Å². The fourth-order valence-electron chi connectivity index (χ4n) is 4.82. The first kappa shape index (κ1) is 21.0. The van der Waals surface area contributed by atoms with E-state index in [0.29, 0.717) is 10.9 Å². The Morgan fingerprint density at radius 2 is 1.72 bits per heavy atom. The zero-order chi connectivity index (χ0) is 22.3. The highest BCUT2D eigenvalue weighted by Gasteiger charge is 2.25. The summed E-state index contributed by atoms with van der Waals surface area (Å²) < 4.78 is 28.0. The molecule has 2 atom stereocenters. The minimum atomic E-state index is -3.63. The van der Waals surface area contributed by atoms with Gasteiger partial charge in [0.25, 0.3) is 10.0 Å². The quantitative estimate of drug-likeness (QED) is 0.449. The maximum atomic E-state index is 13.3. The van der Waals surface area contributed by atoms with Crippen molar-refractivity contribution in [3.63, 3.8) is 0 Å². The molecule has 0 fully saturated rings. The predicted molar refractivity (Wildman–Crippen MR) is 130 cm³/mol. The lowest BCUT2D eigenvalue weighted by Gasteiger charge is -2.29. The van der Waals surface area contributed by atoms with Crippen molar-refractivity contribution in [3.05, 3.63) is 101 Å². The van der Waals surface area contributed by atoms with Crippen LogP contribution in [0.3, 0.4) is 0 Å². The average Bonchev–Trinajstić information content (AvgIpc) is 3.25. The highest BCUT2D eigenvalue weighted by atomic mass is 32.2. The van der Waals surface area contributed by atoms with Crippen LogP contribution in [0.5, 0.6) is 0 Å². The molecule has 3 aromatic carbocycles. The molecule has 5 heteroatoms. The summed E-state index contributed by atoms with van der Waals surface area (Å²) in [4.78, 5) is 0.314. The van der Waals surface area contributed by atoms with Crippen molar-refractivity contribution in [3.8, 4) is 0 Å². The summed E-state index contributed by atoms with van der Waals surface area (Å²) in [5.74, 6) is 0. The number of hydrogen-bond donors (Lipinski definition) is 1. The average molecular weight is 445 g/mol. The first-order valence-corrected chi connectivity index (χ1v) is 12.6. The Morgan fingerprint density at radius 3 is 2.47 bits per heavy atom. The lowest BCUT2D eigenvalue weighted by atomic mass is 9.86. The molecular formula is C27H28N2O2S. The van der Waals surface area contributed by atoms with Crippen LogP contribution in [0.25, 0.3) is 10.9 Å². The number of nitrogens with zero attached hydrogens (tertiary/aromatic N) is 1. The van der Waals surface area contributed by atoms with E-state index in [1.807, 2.05) is 37.3 Å². The topological polar surface area (TPSA) is 51.1 Å². The maximum absolute atomic E-state index is 13.3. The Bertz CT molecular complexity index is 1360. The first-order chi connectivity index (χ1) is 15.4. The van der Waals surface area contributed by atoms with E-state index >= 15 is 0 Å². The number of benzene rings is 3. The van der Waals surface area contributed by atoms with Gasteiger partial charge in [0, 0.05) is 23.7 Å². The van der Waals surface area contributed by atoms with Gasteiger partial charge in [-0.3, -0.25) is 0 Å². The molecule has 0 radical (unpaired) electrons. The van der Waals surface area contributed by atoms with Crippen LogP contribution in [0, 0.1) is 6.92 Å². The van der Waals surface area contributed by atoms with Gasteiger partial charge in [-0.25, -0.2) is 12.4 Å². The normalized spacial score (nSPS) is 17.2. The molecule has 0 saturated heterocycles. The van der Waals surface area contributed by atoms with Gasteiger partial charge in [0.15, 0.2) is 0 Å². The van der Waals surface area contributed by atoms with Crippen LogP contribution in [0.1, 0.15) is 41.6 Å². The van der Waals surface area contributed by atoms with Gasteiger partial charge in [0.05, 0.1) is 10.4 Å². The van der Waals surface area contributed by atoms with Gasteiger partial charge in [-0.1, -0.05) is 54.1 Å². The minimum Gasteiger partial charge on any atom is -0.307 e. The maximum Gasteiger partial charge on any atom is 0.268 e. The molecule has 0 aliphatic heterocycles. The van der Waals surface area contributed by atoms with Crippen LogP contribution in [0.2, 0.25) is 0 Å². The summed E-state index contributed by atoms with van der Waals surface area (Å²) >= 11 is 0. The number of aromatic nitrogens is 1. The Hall–Kier alpha value is -2.89. The summed E-state index contributed by atoms with van der Waals surface area (Å²) in [6.45, 7) is 4.16. The molecule has 1 aliphatic rings. The number of hydrogen-bond acceptors (Lipinski definition) is 3. The Labute approximate surface area is 190 Å². The molecule has 4 nitrogen and oxygen atoms in total. The van der Waals surface area contributed by atoms with Crippen molar-refractivity contribution in [2.24, 2.45) is 0 Å². The zero-order valence-electron chi connectivity index (χ0n) is 18.5. The molecule has 0 spiro atoms. The molecule has 0 unspecified atom stereocenters. The Kier molecular flexibility index (Phi) is 5.39. The summed E-state index contributed by atoms with van der Waals surface area (Å²) in [6, 6.07) is 24.2. The summed E-state index contributed by atoms with van der Waals surface area (Å²) in [6.07, 6.45) is 4.68. The SMILES string of the molecule is Cc1ccc(S(=O)(=O)n2ccc3c4c(ccc32)CC[C@@H](N[C@H](C)c2ccccc2)C4)cc1. The summed E-state index contributed by atoms with van der Waals surface area (Å²) in [5.41, 5.74) is 5.67. The van der Waals surface area contributed by atoms with E-state index < -0.39 is 10.0 Å². The van der Waals surface area contributed by atoms with Crippen LogP contribution in [-0.2, 0) is 22.9 Å². The third kappa shape index (κ3) is 3.76. The highest BCUT2D eigenvalue weighted by Crippen LogP contribution is 2.32. The predicted octanol–water partition coefficient (Wildman–Crippen LogP) is 5.39. The van der Waals surface area contributed by atoms with Gasteiger partial charge in [-0.05, 0) is 74.1 Å². The fraction of sp³-hybridized carbons (Fsp3) is 0.259. The lowest BCUT2D eigenvalue weighted by molar-refractivity contribution is 0.415. The molecule has 1 aromatic heterocycles. The van der Waals surface area contributed by atoms with Gasteiger partial charge >= 0.3 is 0 Å². The summed E-state index contributed by atoms with van der Waals surface area (Å²) in [5, 5.41) is 4.82. The van der Waals surface area contributed by atoms with Crippen LogP contribution in [-0.4, -0.2) is 18.4 Å². The van der Waals surface area contributed by atoms with E-state index in [4.69, 9.17) is 0 Å². The number of nitrogens with one attached hydrogen (secondary N) is 1.